The van der Waals surface area contributed by atoms with Gasteiger partial charge in [0.2, 0.25) is 0 Å². The number of hydrazine groups is 1. The molecule has 0 heterocycles. The summed E-state index contributed by atoms with van der Waals surface area (Å²) in [7, 11) is 3.51. The molecule has 0 saturated carbocycles. The lowest BCUT2D eigenvalue weighted by molar-refractivity contribution is 0.411. The Morgan fingerprint density at radius 2 is 2.00 bits per heavy atom. The Bertz CT molecular complexity index is 453. The van der Waals surface area contributed by atoms with Crippen molar-refractivity contribution < 1.29 is 4.74 Å². The van der Waals surface area contributed by atoms with Crippen molar-refractivity contribution in [3.8, 4) is 5.75 Å². The Labute approximate surface area is 109 Å². The number of hydrogen-bond donors (Lipinski definition) is 3. The smallest absolute Gasteiger partial charge is 0.122 e. The lowest BCUT2D eigenvalue weighted by Gasteiger charge is -2.19. The zero-order chi connectivity index (χ0) is 13.7. The number of benzene rings is 1. The second-order valence-corrected chi connectivity index (χ2v) is 4.21. The summed E-state index contributed by atoms with van der Waals surface area (Å²) in [5, 5.41) is 0. The van der Waals surface area contributed by atoms with E-state index in [4.69, 9.17) is 10.5 Å². The number of ether oxygens (including phenoxy) is 1. The van der Waals surface area contributed by atoms with E-state index in [0.717, 1.165) is 34.7 Å². The highest BCUT2D eigenvalue weighted by molar-refractivity contribution is 5.73. The monoisotopic (exact) mass is 249 g/mol. The molecule has 4 nitrogen and oxygen atoms in total. The highest BCUT2D eigenvalue weighted by Gasteiger charge is 2.14. The minimum absolute atomic E-state index is 0.792. The van der Waals surface area contributed by atoms with E-state index in [9.17, 15) is 0 Å². The molecule has 1 aromatic rings. The number of allylic oxidation sites excluding steroid dienone is 1. The van der Waals surface area contributed by atoms with Crippen molar-refractivity contribution in [1.29, 1.82) is 0 Å². The molecule has 4 N–H and O–H groups in total. The number of aryl methyl sites for hydroxylation is 1. The van der Waals surface area contributed by atoms with Crippen LogP contribution >= 0.6 is 0 Å². The van der Waals surface area contributed by atoms with E-state index < -0.39 is 0 Å². The molecule has 0 unspecified atom stereocenters. The summed E-state index contributed by atoms with van der Waals surface area (Å²) in [4.78, 5) is 0. The van der Waals surface area contributed by atoms with Crippen molar-refractivity contribution in [3.63, 3.8) is 0 Å². The van der Waals surface area contributed by atoms with Gasteiger partial charge in [-0.3, -0.25) is 0 Å². The van der Waals surface area contributed by atoms with Crippen LogP contribution in [0.3, 0.4) is 0 Å². The van der Waals surface area contributed by atoms with Crippen molar-refractivity contribution >= 4 is 5.70 Å². The molecule has 1 aromatic carbocycles. The molecule has 0 aliphatic rings. The van der Waals surface area contributed by atoms with Gasteiger partial charge in [0.25, 0.3) is 0 Å². The van der Waals surface area contributed by atoms with Crippen molar-refractivity contribution in [1.82, 2.24) is 10.9 Å². The van der Waals surface area contributed by atoms with E-state index in [-0.39, 0.29) is 0 Å². The molecule has 0 bridgehead atoms. The lowest BCUT2D eigenvalue weighted by atomic mass is 9.97. The molecule has 0 radical (unpaired) electrons. The summed E-state index contributed by atoms with van der Waals surface area (Å²) in [6.45, 7) is 6.15. The minimum Gasteiger partial charge on any atom is -0.496 e. The molecule has 0 aliphatic carbocycles. The third-order valence-electron chi connectivity index (χ3n) is 3.05. The van der Waals surface area contributed by atoms with Crippen LogP contribution in [-0.2, 0) is 0 Å². The molecule has 1 rings (SSSR count). The molecule has 0 saturated heterocycles. The molecule has 4 heteroatoms. The van der Waals surface area contributed by atoms with Gasteiger partial charge in [-0.1, -0.05) is 13.0 Å². The summed E-state index contributed by atoms with van der Waals surface area (Å²) >= 11 is 0. The second kappa shape index (κ2) is 6.31. The van der Waals surface area contributed by atoms with Crippen LogP contribution in [0.2, 0.25) is 0 Å². The van der Waals surface area contributed by atoms with Gasteiger partial charge in [-0.05, 0) is 31.9 Å². The molecule has 0 atom stereocenters. The maximum Gasteiger partial charge on any atom is 0.122 e. The van der Waals surface area contributed by atoms with Crippen LogP contribution in [0, 0.1) is 13.8 Å². The molecular formula is C14H23N3O. The van der Waals surface area contributed by atoms with Gasteiger partial charge in [0.15, 0.2) is 0 Å². The van der Waals surface area contributed by atoms with Crippen molar-refractivity contribution in [2.24, 2.45) is 5.73 Å². The summed E-state index contributed by atoms with van der Waals surface area (Å²) in [5.74, 6) is 0.870. The van der Waals surface area contributed by atoms with Crippen LogP contribution < -0.4 is 21.3 Å². The van der Waals surface area contributed by atoms with Crippen molar-refractivity contribution in [2.45, 2.75) is 27.2 Å². The van der Waals surface area contributed by atoms with Gasteiger partial charge in [0, 0.05) is 23.9 Å². The first kappa shape index (κ1) is 14.4. The second-order valence-electron chi connectivity index (χ2n) is 4.21. The normalized spacial score (nSPS) is 12.1. The van der Waals surface area contributed by atoms with E-state index in [2.05, 4.69) is 17.8 Å². The number of nitrogens with two attached hydrogens (primary N) is 1. The zero-order valence-electron chi connectivity index (χ0n) is 11.8. The standard InChI is InChI=1S/C14H23N3O/c1-6-11(15)14(17-16-4)13-9(2)7-8-12(18-5)10(13)3/h7-8,16-17H,6,15H2,1-5H3/b14-11+. The fourth-order valence-corrected chi connectivity index (χ4v) is 2.04. The highest BCUT2D eigenvalue weighted by Crippen LogP contribution is 2.29. The van der Waals surface area contributed by atoms with E-state index >= 15 is 0 Å². The average molecular weight is 249 g/mol. The number of hydrogen-bond acceptors (Lipinski definition) is 4. The first-order valence-electron chi connectivity index (χ1n) is 6.12. The van der Waals surface area contributed by atoms with Crippen LogP contribution in [0.5, 0.6) is 5.75 Å². The van der Waals surface area contributed by atoms with Gasteiger partial charge in [0.1, 0.15) is 5.75 Å². The maximum absolute atomic E-state index is 6.10. The fourth-order valence-electron chi connectivity index (χ4n) is 2.04. The van der Waals surface area contributed by atoms with Crippen LogP contribution in [0.15, 0.2) is 17.8 Å². The van der Waals surface area contributed by atoms with Gasteiger partial charge in [0.05, 0.1) is 12.8 Å². The van der Waals surface area contributed by atoms with Crippen molar-refractivity contribution in [2.75, 3.05) is 14.2 Å². The number of methoxy groups -OCH3 is 1. The van der Waals surface area contributed by atoms with Gasteiger partial charge >= 0.3 is 0 Å². The van der Waals surface area contributed by atoms with Gasteiger partial charge in [-0.25, -0.2) is 5.43 Å². The molecule has 100 valence electrons. The Kier molecular flexibility index (Phi) is 5.04. The molecule has 0 aliphatic heterocycles. The van der Waals surface area contributed by atoms with E-state index in [1.165, 1.54) is 5.56 Å². The first-order chi connectivity index (χ1) is 8.56. The third-order valence-corrected chi connectivity index (χ3v) is 3.05. The third kappa shape index (κ3) is 2.76. The van der Waals surface area contributed by atoms with Crippen LogP contribution in [-0.4, -0.2) is 14.2 Å². The SMILES string of the molecule is CC/C(N)=C(\NNC)c1c(C)ccc(OC)c1C. The Hall–Kier alpha value is -1.68. The van der Waals surface area contributed by atoms with E-state index in [1.54, 1.807) is 7.11 Å². The number of nitrogens with one attached hydrogen (secondary N) is 2. The summed E-state index contributed by atoms with van der Waals surface area (Å²) in [6, 6.07) is 4.02. The van der Waals surface area contributed by atoms with Crippen LogP contribution in [0.1, 0.15) is 30.0 Å². The maximum atomic E-state index is 6.10. The Morgan fingerprint density at radius 1 is 1.33 bits per heavy atom. The molecular weight excluding hydrogens is 226 g/mol. The van der Waals surface area contributed by atoms with E-state index in [0.29, 0.717) is 0 Å². The van der Waals surface area contributed by atoms with Gasteiger partial charge < -0.3 is 15.9 Å². The molecule has 18 heavy (non-hydrogen) atoms. The number of rotatable bonds is 5. The van der Waals surface area contributed by atoms with Crippen LogP contribution in [0.25, 0.3) is 5.70 Å². The molecule has 0 amide bonds. The Morgan fingerprint density at radius 3 is 2.50 bits per heavy atom. The first-order valence-corrected chi connectivity index (χ1v) is 6.12. The largest absolute Gasteiger partial charge is 0.496 e. The summed E-state index contributed by atoms with van der Waals surface area (Å²) < 4.78 is 5.37. The summed E-state index contributed by atoms with van der Waals surface area (Å²) in [5.41, 5.74) is 17.3. The van der Waals surface area contributed by atoms with E-state index in [1.807, 2.05) is 33.0 Å². The quantitative estimate of drug-likeness (QED) is 0.699. The fraction of sp³-hybridized carbons (Fsp3) is 0.429. The average Bonchev–Trinajstić information content (AvgIpc) is 2.37. The van der Waals surface area contributed by atoms with Crippen LogP contribution in [0.4, 0.5) is 0 Å². The molecule has 0 fully saturated rings. The van der Waals surface area contributed by atoms with Gasteiger partial charge in [-0.15, -0.1) is 0 Å². The molecule has 0 spiro atoms. The minimum atomic E-state index is 0.792. The van der Waals surface area contributed by atoms with Gasteiger partial charge in [-0.2, -0.15) is 0 Å². The molecule has 0 aromatic heterocycles. The topological polar surface area (TPSA) is 59.3 Å². The highest BCUT2D eigenvalue weighted by atomic mass is 16.5. The lowest BCUT2D eigenvalue weighted by Crippen LogP contribution is -2.29. The van der Waals surface area contributed by atoms with Crippen molar-refractivity contribution in [3.05, 3.63) is 34.5 Å². The predicted octanol–water partition coefficient (Wildman–Crippen LogP) is 2.07. The zero-order valence-corrected chi connectivity index (χ0v) is 11.8. The Balaban J connectivity index is 3.45. The summed E-state index contributed by atoms with van der Waals surface area (Å²) in [6.07, 6.45) is 0.792. The predicted molar refractivity (Wildman–Crippen MR) is 76.1 cm³/mol.